The van der Waals surface area contributed by atoms with Crippen molar-refractivity contribution in [3.05, 3.63) is 124 Å². The molecule has 4 nitrogen and oxygen atoms in total. The second kappa shape index (κ2) is 12.8. The van der Waals surface area contributed by atoms with Gasteiger partial charge < -0.3 is 4.42 Å². The molecule has 7 aromatic rings. The SMILES string of the molecule is [2H]c1c([2H])c([2H])c(-c2c(-c3c(C)c(C)cc4c3Cc3ccccc3-4)ccc3oc4ccccc4c23)c(-c2nnnc(C3([2H])C([2H])C([2H])([2H])C([2H])([2H])C([2H])([2H])C3([2H])[2H])c2C2([2H])C([2H])C([2H])([2H])C([2H])([2H])C([2H])([2H])C2([2H])[2H])c1[2H]. The average Bonchev–Trinajstić information content (AvgIpc) is 3.75. The molecule has 3 aliphatic rings. The number of hydrogen-bond acceptors (Lipinski definition) is 4. The monoisotopic (exact) mass is 704 g/mol. The van der Waals surface area contributed by atoms with E-state index in [0.29, 0.717) is 34.1 Å². The molecule has 4 heteroatoms. The topological polar surface area (TPSA) is 51.8 Å². The zero-order valence-corrected chi connectivity index (χ0v) is 28.0. The number of aryl methyl sites for hydroxylation is 1. The molecule has 2 fully saturated rings. The van der Waals surface area contributed by atoms with E-state index in [1.165, 1.54) is 0 Å². The van der Waals surface area contributed by atoms with E-state index in [4.69, 9.17) is 20.9 Å². The highest BCUT2D eigenvalue weighted by Crippen LogP contribution is 2.52. The summed E-state index contributed by atoms with van der Waals surface area (Å²) in [5.41, 5.74) is 0.349. The quantitative estimate of drug-likeness (QED) is 0.179. The summed E-state index contributed by atoms with van der Waals surface area (Å²) in [5, 5.41) is 12.2. The molecule has 3 aliphatic carbocycles. The first-order chi connectivity index (χ1) is 34.9. The van der Waals surface area contributed by atoms with E-state index in [2.05, 4.69) is 15.4 Å². The van der Waals surface area contributed by atoms with Crippen LogP contribution in [0.4, 0.5) is 0 Å². The molecule has 10 rings (SSSR count). The molecule has 0 aliphatic heterocycles. The first-order valence-electron chi connectivity index (χ1n) is 28.9. The van der Waals surface area contributed by atoms with Gasteiger partial charge in [-0.3, -0.25) is 0 Å². The van der Waals surface area contributed by atoms with Crippen LogP contribution in [-0.4, -0.2) is 15.4 Å². The molecule has 5 aromatic carbocycles. The Morgan fingerprint density at radius 1 is 0.712 bits per heavy atom. The van der Waals surface area contributed by atoms with Gasteiger partial charge in [-0.25, -0.2) is 0 Å². The molecular formula is C48H45N3O. The van der Waals surface area contributed by atoms with Crippen LogP contribution < -0.4 is 0 Å². The molecule has 4 atom stereocenters. The molecule has 2 aromatic heterocycles. The van der Waals surface area contributed by atoms with Crippen molar-refractivity contribution in [2.45, 2.75) is 95.8 Å². The first kappa shape index (κ1) is 15.5. The van der Waals surface area contributed by atoms with Crippen LogP contribution in [0.3, 0.4) is 0 Å². The van der Waals surface area contributed by atoms with Crippen LogP contribution in [0.5, 0.6) is 0 Å². The fourth-order valence-corrected chi connectivity index (χ4v) is 7.61. The van der Waals surface area contributed by atoms with E-state index in [1.54, 1.807) is 36.4 Å². The third kappa shape index (κ3) is 5.05. The van der Waals surface area contributed by atoms with Gasteiger partial charge >= 0.3 is 0 Å². The fraction of sp³-hybridized carbons (Fsp3) is 0.312. The van der Waals surface area contributed by atoms with Crippen molar-refractivity contribution < 1.29 is 37.3 Å². The molecule has 0 radical (unpaired) electrons. The van der Waals surface area contributed by atoms with Crippen LogP contribution in [0.15, 0.2) is 95.3 Å². The zero-order chi connectivity index (χ0) is 56.2. The molecule has 2 saturated carbocycles. The third-order valence-corrected chi connectivity index (χ3v) is 10.0. The van der Waals surface area contributed by atoms with Gasteiger partial charge in [-0.05, 0) is 125 Å². The second-order valence-electron chi connectivity index (χ2n) is 12.8. The summed E-state index contributed by atoms with van der Waals surface area (Å²) in [6.07, 6.45) is -38.9. The standard InChI is InChI=1S/C48H45N3O/c1-29-27-39-34-20-10-9-19-33(34)28-40(39)43(30(29)2)38-25-26-42-46(37-23-13-14-24-41(37)52-42)45(38)35-21-11-12-22-36(35)48-44(31-15-5-3-6-16-31)47(49-51-50-48)32-17-7-4-8-18-32/h9-14,19-27,31-32H,3-8,15-18,28H2,1-2H3/i3D2,4D2,5D2,6D2,7D2,8D2,11D,12D,15D,16D2,17D,18D2,21D,22D,31D,32D. The van der Waals surface area contributed by atoms with Crippen molar-refractivity contribution in [2.24, 2.45) is 0 Å². The number of para-hydroxylation sites is 1. The Balaban J connectivity index is 1.46. The minimum atomic E-state index is -4.30. The smallest absolute Gasteiger partial charge is 0.136 e. The number of benzene rings is 5. The van der Waals surface area contributed by atoms with Crippen molar-refractivity contribution in [3.63, 3.8) is 0 Å². The third-order valence-electron chi connectivity index (χ3n) is 10.0. The van der Waals surface area contributed by atoms with E-state index in [9.17, 15) is 16.4 Å². The highest BCUT2D eigenvalue weighted by atomic mass is 16.3. The summed E-state index contributed by atoms with van der Waals surface area (Å²) in [6.45, 7) is 3.73. The largest absolute Gasteiger partial charge is 0.456 e. The van der Waals surface area contributed by atoms with Gasteiger partial charge in [-0.15, -0.1) is 10.2 Å². The van der Waals surface area contributed by atoms with Crippen LogP contribution in [0.2, 0.25) is 0 Å². The molecule has 0 bridgehead atoms. The van der Waals surface area contributed by atoms with Gasteiger partial charge in [0.05, 0.1) is 11.2 Å². The average molecular weight is 704 g/mol. The van der Waals surface area contributed by atoms with Gasteiger partial charge in [0.1, 0.15) is 16.9 Å². The van der Waals surface area contributed by atoms with Crippen LogP contribution in [0.1, 0.15) is 142 Å². The van der Waals surface area contributed by atoms with Gasteiger partial charge in [0.15, 0.2) is 0 Å². The number of aromatic nitrogens is 3. The predicted molar refractivity (Wildman–Crippen MR) is 213 cm³/mol. The molecular weight excluding hydrogens is 635 g/mol. The van der Waals surface area contributed by atoms with Crippen molar-refractivity contribution in [1.29, 1.82) is 0 Å². The highest BCUT2D eigenvalue weighted by molar-refractivity contribution is 6.17. The van der Waals surface area contributed by atoms with Gasteiger partial charge in [-0.2, -0.15) is 0 Å². The van der Waals surface area contributed by atoms with E-state index >= 15 is 0 Å². The minimum absolute atomic E-state index is 0.0367. The minimum Gasteiger partial charge on any atom is -0.456 e. The molecule has 0 amide bonds. The van der Waals surface area contributed by atoms with Crippen molar-refractivity contribution in [3.8, 4) is 44.6 Å². The van der Waals surface area contributed by atoms with Crippen molar-refractivity contribution in [1.82, 2.24) is 15.4 Å². The molecule has 0 spiro atoms. The zero-order valence-electron chi connectivity index (χ0n) is 52.0. The number of rotatable bonds is 5. The summed E-state index contributed by atoms with van der Waals surface area (Å²) in [6, 6.07) is 15.8. The van der Waals surface area contributed by atoms with E-state index in [1.807, 2.05) is 44.2 Å². The number of fused-ring (bicyclic) bond motifs is 6. The number of furan rings is 1. The van der Waals surface area contributed by atoms with Crippen molar-refractivity contribution >= 4 is 21.9 Å². The number of hydrogen-bond donors (Lipinski definition) is 0. The summed E-state index contributed by atoms with van der Waals surface area (Å²) in [4.78, 5) is 0. The Labute approximate surface area is 340 Å². The molecule has 258 valence electrons. The first-order valence-corrected chi connectivity index (χ1v) is 16.8. The Hall–Kier alpha value is -5.09. The highest BCUT2D eigenvalue weighted by Gasteiger charge is 2.32. The van der Waals surface area contributed by atoms with Crippen molar-refractivity contribution in [2.75, 3.05) is 0 Å². The van der Waals surface area contributed by atoms with Gasteiger partial charge in [-0.1, -0.05) is 111 Å². The molecule has 4 unspecified atom stereocenters. The Morgan fingerprint density at radius 3 is 2.37 bits per heavy atom. The van der Waals surface area contributed by atoms with Crippen LogP contribution in [0, 0.1) is 13.8 Å². The molecule has 0 saturated heterocycles. The van der Waals surface area contributed by atoms with E-state index in [-0.39, 0.29) is 16.5 Å². The Bertz CT molecular complexity index is 3670. The van der Waals surface area contributed by atoms with E-state index in [0.717, 1.165) is 27.8 Å². The maximum atomic E-state index is 10.3. The second-order valence-corrected chi connectivity index (χ2v) is 12.8. The maximum Gasteiger partial charge on any atom is 0.136 e. The van der Waals surface area contributed by atoms with Gasteiger partial charge in [0.25, 0.3) is 0 Å². The predicted octanol–water partition coefficient (Wildman–Crippen LogP) is 13.1. The molecule has 2 heterocycles. The Morgan fingerprint density at radius 2 is 1.48 bits per heavy atom. The molecule has 0 N–H and O–H groups in total. The van der Waals surface area contributed by atoms with Crippen LogP contribution >= 0.6 is 0 Å². The summed E-state index contributed by atoms with van der Waals surface area (Å²) >= 11 is 0. The van der Waals surface area contributed by atoms with Gasteiger partial charge in [0, 0.05) is 60.8 Å². The lowest BCUT2D eigenvalue weighted by Gasteiger charge is -2.30. The Kier molecular flexibility index (Phi) is 3.82. The fourth-order valence-electron chi connectivity index (χ4n) is 7.61. The van der Waals surface area contributed by atoms with Crippen LogP contribution in [0.25, 0.3) is 66.6 Å². The summed E-state index contributed by atoms with van der Waals surface area (Å²) in [5.74, 6) is -8.28. The lowest BCUT2D eigenvalue weighted by molar-refractivity contribution is 0.408. The number of nitrogens with zero attached hydrogens (tertiary/aromatic N) is 3. The summed E-state index contributed by atoms with van der Waals surface area (Å²) in [7, 11) is 0. The van der Waals surface area contributed by atoms with E-state index < -0.39 is 128 Å². The maximum absolute atomic E-state index is 10.3. The van der Waals surface area contributed by atoms with Crippen LogP contribution in [-0.2, 0) is 6.42 Å². The lowest BCUT2D eigenvalue weighted by atomic mass is 9.76. The summed E-state index contributed by atoms with van der Waals surface area (Å²) < 4.78 is 227. The molecule has 52 heavy (non-hydrogen) atoms. The normalized spacial score (nSPS) is 38.7. The lowest BCUT2D eigenvalue weighted by Crippen LogP contribution is -2.17. The van der Waals surface area contributed by atoms with Gasteiger partial charge in [0.2, 0.25) is 0 Å².